The van der Waals surface area contributed by atoms with Gasteiger partial charge in [0.1, 0.15) is 98.7 Å². The van der Waals surface area contributed by atoms with E-state index in [0.717, 1.165) is 96.3 Å². The van der Waals surface area contributed by atoms with E-state index in [4.69, 9.17) is 42.2 Å². The van der Waals surface area contributed by atoms with Crippen LogP contribution in [0.1, 0.15) is 278 Å². The zero-order valence-corrected chi connectivity index (χ0v) is 59.0. The van der Waals surface area contributed by atoms with Crippen LogP contribution in [-0.2, 0) is 61.2 Å². The van der Waals surface area contributed by atoms with E-state index in [0.29, 0.717) is 25.2 Å². The number of ether oxygens (including phenoxy) is 7. The molecule has 19 unspecified atom stereocenters. The Balaban J connectivity index is 1.76. The highest BCUT2D eigenvalue weighted by atomic mass is 31.2. The van der Waals surface area contributed by atoms with Crippen molar-refractivity contribution in [2.24, 2.45) is 5.92 Å². The second-order valence-corrected chi connectivity index (χ2v) is 28.3. The topological polar surface area (TPSA) is 374 Å². The molecule has 25 heteroatoms. The summed E-state index contributed by atoms with van der Waals surface area (Å²) in [6, 6.07) is 0. The van der Waals surface area contributed by atoms with Gasteiger partial charge in [-0.05, 0) is 50.9 Å². The maximum Gasteiger partial charge on any atom is 0.472 e. The van der Waals surface area contributed by atoms with Gasteiger partial charge in [0, 0.05) is 19.3 Å². The van der Waals surface area contributed by atoms with Crippen LogP contribution in [0.4, 0.5) is 0 Å². The van der Waals surface area contributed by atoms with E-state index in [1.165, 1.54) is 116 Å². The first-order chi connectivity index (χ1) is 45.7. The molecule has 2 heterocycles. The van der Waals surface area contributed by atoms with Crippen molar-refractivity contribution in [2.75, 3.05) is 26.4 Å². The van der Waals surface area contributed by atoms with E-state index < -0.39 is 156 Å². The van der Waals surface area contributed by atoms with E-state index in [2.05, 4.69) is 39.8 Å². The fraction of sp³-hybridized carbons (Fsp3) is 0.929. The summed E-state index contributed by atoms with van der Waals surface area (Å²) >= 11 is 0. The van der Waals surface area contributed by atoms with Gasteiger partial charge >= 0.3 is 25.7 Å². The van der Waals surface area contributed by atoms with E-state index in [1.54, 1.807) is 0 Å². The molecule has 19 atom stereocenters. The largest absolute Gasteiger partial charge is 0.472 e. The number of phosphoric ester groups is 1. The summed E-state index contributed by atoms with van der Waals surface area (Å²) in [5.41, 5.74) is 0. The highest BCUT2D eigenvalue weighted by Crippen LogP contribution is 2.49. The maximum atomic E-state index is 14.3. The lowest BCUT2D eigenvalue weighted by Gasteiger charge is -2.49. The molecular weight excluding hydrogens is 1260 g/mol. The SMILES string of the molecule is CCCCCCCC/C=C\CCCCCC(=O)OCC(COP(=O)(O)OC1C(OC2OC(CO)C(O)C(O)C2O)C(O)C(O)C(O)C1OC1OC(COC(=O)CCCCCCCCCCCCC)C(O)C(O)C1O)OC(=O)CCCCCCCCC(C)CCCCCCCC. The van der Waals surface area contributed by atoms with Crippen LogP contribution in [0.3, 0.4) is 0 Å². The fourth-order valence-corrected chi connectivity index (χ4v) is 13.3. The van der Waals surface area contributed by atoms with Gasteiger partial charge in [0.05, 0.1) is 13.2 Å². The molecule has 558 valence electrons. The molecule has 0 amide bonds. The third-order valence-electron chi connectivity index (χ3n) is 18.4. The van der Waals surface area contributed by atoms with Crippen molar-refractivity contribution < 1.29 is 117 Å². The zero-order chi connectivity index (χ0) is 69.8. The molecule has 0 spiro atoms. The van der Waals surface area contributed by atoms with Gasteiger partial charge in [0.2, 0.25) is 0 Å². The molecule has 2 saturated heterocycles. The summed E-state index contributed by atoms with van der Waals surface area (Å²) in [5.74, 6) is -1.33. The standard InChI is InChI=1S/C70H129O24P/c1-5-8-11-14-17-19-21-22-24-26-27-33-38-43-54(72)86-47-51(89-56(74)45-40-35-30-29-32-37-42-50(4)41-36-31-16-13-10-7-3)48-88-95(84,85)94-68-66(92-69-64(82)59(77)57(75)52(46-71)90-69)62(80)61(79)63(81)67(68)93-70-65(83)60(78)58(76)53(91-70)49-87-55(73)44-39-34-28-25-23-20-18-15-12-9-6-2/h22,24,50-53,57-71,75-83H,5-21,23,25-49H2,1-4H3,(H,84,85)/b24-22-. The number of hydrogen-bond donors (Lipinski definition) is 11. The number of unbranched alkanes of at least 4 members (excludes halogenated alkanes) is 29. The van der Waals surface area contributed by atoms with Crippen LogP contribution >= 0.6 is 7.82 Å². The van der Waals surface area contributed by atoms with Crippen LogP contribution in [0.15, 0.2) is 12.2 Å². The van der Waals surface area contributed by atoms with Gasteiger partial charge in [-0.25, -0.2) is 4.57 Å². The predicted molar refractivity (Wildman–Crippen MR) is 356 cm³/mol. The summed E-state index contributed by atoms with van der Waals surface area (Å²) in [7, 11) is -5.70. The molecule has 0 aromatic carbocycles. The molecule has 24 nitrogen and oxygen atoms in total. The van der Waals surface area contributed by atoms with E-state index >= 15 is 0 Å². The average Bonchev–Trinajstić information content (AvgIpc) is 0.766. The lowest BCUT2D eigenvalue weighted by atomic mass is 9.84. The van der Waals surface area contributed by atoms with Gasteiger partial charge in [-0.2, -0.15) is 0 Å². The van der Waals surface area contributed by atoms with Crippen LogP contribution in [-0.4, -0.2) is 204 Å². The van der Waals surface area contributed by atoms with Crippen LogP contribution in [0.2, 0.25) is 0 Å². The third-order valence-corrected chi connectivity index (χ3v) is 19.4. The van der Waals surface area contributed by atoms with Crippen LogP contribution < -0.4 is 0 Å². The normalized spacial score (nSPS) is 28.5. The highest BCUT2D eigenvalue weighted by Gasteiger charge is 2.58. The van der Waals surface area contributed by atoms with Crippen molar-refractivity contribution >= 4 is 25.7 Å². The number of rotatable bonds is 56. The Morgan fingerprint density at radius 2 is 0.800 bits per heavy atom. The Labute approximate surface area is 567 Å². The number of aliphatic hydroxyl groups excluding tert-OH is 10. The minimum absolute atomic E-state index is 0.0266. The van der Waals surface area contributed by atoms with Crippen molar-refractivity contribution in [3.8, 4) is 0 Å². The molecule has 2 aliphatic heterocycles. The predicted octanol–water partition coefficient (Wildman–Crippen LogP) is 9.43. The Morgan fingerprint density at radius 3 is 1.25 bits per heavy atom. The molecule has 3 fully saturated rings. The van der Waals surface area contributed by atoms with Crippen molar-refractivity contribution in [3.63, 3.8) is 0 Å². The monoisotopic (exact) mass is 1380 g/mol. The Bertz CT molecular complexity index is 2040. The quantitative estimate of drug-likeness (QED) is 0.00887. The van der Waals surface area contributed by atoms with Crippen LogP contribution in [0.5, 0.6) is 0 Å². The number of phosphoric acid groups is 1. The second-order valence-electron chi connectivity index (χ2n) is 26.9. The molecule has 1 aliphatic carbocycles. The number of carbonyl (C=O) groups is 3. The number of carbonyl (C=O) groups excluding carboxylic acids is 3. The van der Waals surface area contributed by atoms with Crippen molar-refractivity contribution in [1.82, 2.24) is 0 Å². The molecule has 3 rings (SSSR count). The van der Waals surface area contributed by atoms with Crippen molar-refractivity contribution in [3.05, 3.63) is 12.2 Å². The van der Waals surface area contributed by atoms with Gasteiger partial charge in [0.15, 0.2) is 18.7 Å². The zero-order valence-electron chi connectivity index (χ0n) is 58.1. The lowest BCUT2D eigenvalue weighted by molar-refractivity contribution is -0.360. The number of esters is 3. The lowest BCUT2D eigenvalue weighted by Crippen LogP contribution is -2.69. The van der Waals surface area contributed by atoms with Crippen LogP contribution in [0.25, 0.3) is 0 Å². The van der Waals surface area contributed by atoms with Gasteiger partial charge in [-0.1, -0.05) is 226 Å². The number of aliphatic hydroxyl groups is 10. The molecule has 0 aromatic heterocycles. The van der Waals surface area contributed by atoms with Gasteiger partial charge in [0.25, 0.3) is 0 Å². The summed E-state index contributed by atoms with van der Waals surface area (Å²) < 4.78 is 64.9. The Kier molecular flexibility index (Phi) is 47.4. The van der Waals surface area contributed by atoms with Crippen LogP contribution in [0, 0.1) is 5.92 Å². The molecule has 3 aliphatic rings. The van der Waals surface area contributed by atoms with Gasteiger partial charge in [-0.15, -0.1) is 0 Å². The first-order valence-electron chi connectivity index (χ1n) is 36.9. The smallest absolute Gasteiger partial charge is 0.463 e. The van der Waals surface area contributed by atoms with Crippen molar-refractivity contribution in [1.29, 1.82) is 0 Å². The Morgan fingerprint density at radius 1 is 0.432 bits per heavy atom. The molecule has 1 saturated carbocycles. The van der Waals surface area contributed by atoms with Gasteiger partial charge < -0.3 is 89.1 Å². The molecular formula is C70H129O24P. The van der Waals surface area contributed by atoms with E-state index in [9.17, 15) is 74.9 Å². The first-order valence-corrected chi connectivity index (χ1v) is 38.4. The second kappa shape index (κ2) is 51.8. The minimum atomic E-state index is -5.70. The molecule has 0 aromatic rings. The first kappa shape index (κ1) is 86.9. The Hall–Kier alpha value is -2.30. The average molecular weight is 1390 g/mol. The molecule has 0 bridgehead atoms. The number of hydrogen-bond acceptors (Lipinski definition) is 23. The minimum Gasteiger partial charge on any atom is -0.463 e. The van der Waals surface area contributed by atoms with Crippen molar-refractivity contribution in [2.45, 2.75) is 382 Å². The highest BCUT2D eigenvalue weighted by molar-refractivity contribution is 7.47. The van der Waals surface area contributed by atoms with E-state index in [-0.39, 0.29) is 19.3 Å². The molecule has 11 N–H and O–H groups in total. The van der Waals surface area contributed by atoms with Gasteiger partial charge in [-0.3, -0.25) is 23.4 Å². The maximum absolute atomic E-state index is 14.3. The summed E-state index contributed by atoms with van der Waals surface area (Å²) in [6.07, 6.45) is 7.38. The number of allylic oxidation sites excluding steroid dienone is 2. The summed E-state index contributed by atoms with van der Waals surface area (Å²) in [4.78, 5) is 50.9. The third kappa shape index (κ3) is 35.7. The summed E-state index contributed by atoms with van der Waals surface area (Å²) in [5, 5.41) is 110. The van der Waals surface area contributed by atoms with E-state index in [1.807, 2.05) is 0 Å². The summed E-state index contributed by atoms with van der Waals surface area (Å²) in [6.45, 7) is 5.71. The molecule has 95 heavy (non-hydrogen) atoms. The fourth-order valence-electron chi connectivity index (χ4n) is 12.3. The molecule has 0 radical (unpaired) electrons.